The molecular weight excluding hydrogens is 218 g/mol. The maximum absolute atomic E-state index is 4.16. The lowest BCUT2D eigenvalue weighted by Crippen LogP contribution is -2.02. The molecule has 0 aliphatic heterocycles. The van der Waals surface area contributed by atoms with Crippen LogP contribution in [0.1, 0.15) is 5.56 Å². The number of rotatable bonds is 3. The largest absolute Gasteiger partial charge is 0.244 e. The molecule has 3 aromatic rings. The van der Waals surface area contributed by atoms with Gasteiger partial charge in [0.05, 0.1) is 5.52 Å². The lowest BCUT2D eigenvalue weighted by molar-refractivity contribution is 0.607. The normalized spacial score (nSPS) is 11.0. The average molecular weight is 229 g/mol. The van der Waals surface area contributed by atoms with Crippen LogP contribution in [0.25, 0.3) is 11.0 Å². The molecule has 0 saturated carbocycles. The van der Waals surface area contributed by atoms with E-state index in [0.717, 1.165) is 24.0 Å². The van der Waals surface area contributed by atoms with E-state index in [2.05, 4.69) is 33.2 Å². The molecule has 0 spiro atoms. The molecule has 3 nitrogen and oxygen atoms in total. The van der Waals surface area contributed by atoms with Crippen molar-refractivity contribution >= 4 is 22.4 Å². The zero-order chi connectivity index (χ0) is 10.8. The highest BCUT2D eigenvalue weighted by molar-refractivity contribution is 7.07. The molecule has 2 aromatic heterocycles. The second kappa shape index (κ2) is 4.06. The van der Waals surface area contributed by atoms with Gasteiger partial charge < -0.3 is 0 Å². The van der Waals surface area contributed by atoms with Gasteiger partial charge in [-0.25, -0.2) is 4.68 Å². The fourth-order valence-corrected chi connectivity index (χ4v) is 2.46. The molecule has 4 heteroatoms. The highest BCUT2D eigenvalue weighted by Crippen LogP contribution is 2.12. The molecule has 0 unspecified atom stereocenters. The molecule has 0 saturated heterocycles. The molecule has 0 bridgehead atoms. The number of hydrogen-bond acceptors (Lipinski definition) is 3. The van der Waals surface area contributed by atoms with E-state index in [4.69, 9.17) is 0 Å². The Hall–Kier alpha value is -1.68. The lowest BCUT2D eigenvalue weighted by Gasteiger charge is -2.00. The quantitative estimate of drug-likeness (QED) is 0.691. The third-order valence-corrected chi connectivity index (χ3v) is 3.34. The van der Waals surface area contributed by atoms with Gasteiger partial charge in [0.25, 0.3) is 0 Å². The van der Waals surface area contributed by atoms with Crippen molar-refractivity contribution in [3.05, 3.63) is 46.7 Å². The van der Waals surface area contributed by atoms with Crippen molar-refractivity contribution in [3.63, 3.8) is 0 Å². The number of aryl methyl sites for hydroxylation is 2. The van der Waals surface area contributed by atoms with Gasteiger partial charge >= 0.3 is 0 Å². The number of para-hydroxylation sites is 1. The third kappa shape index (κ3) is 1.72. The molecule has 16 heavy (non-hydrogen) atoms. The van der Waals surface area contributed by atoms with Gasteiger partial charge in [-0.05, 0) is 40.9 Å². The maximum atomic E-state index is 4.16. The monoisotopic (exact) mass is 229 g/mol. The molecule has 0 radical (unpaired) electrons. The number of aromatic nitrogens is 3. The van der Waals surface area contributed by atoms with E-state index in [1.807, 2.05) is 22.9 Å². The molecule has 0 aliphatic rings. The summed E-state index contributed by atoms with van der Waals surface area (Å²) in [5.41, 5.74) is 3.44. The van der Waals surface area contributed by atoms with Gasteiger partial charge in [0.15, 0.2) is 0 Å². The highest BCUT2D eigenvalue weighted by atomic mass is 32.1. The molecule has 0 atom stereocenters. The smallest absolute Gasteiger partial charge is 0.113 e. The Kier molecular flexibility index (Phi) is 2.42. The summed E-state index contributed by atoms with van der Waals surface area (Å²) >= 11 is 1.74. The van der Waals surface area contributed by atoms with Gasteiger partial charge in [0.2, 0.25) is 0 Å². The standard InChI is InChI=1S/C12H11N3S/c1-2-4-12-11(3-1)13-14-15(12)7-5-10-6-8-16-9-10/h1-4,6,8-9H,5,7H2. The summed E-state index contributed by atoms with van der Waals surface area (Å²) in [4.78, 5) is 0. The SMILES string of the molecule is c1ccc2c(c1)nnn2CCc1ccsc1. The summed E-state index contributed by atoms with van der Waals surface area (Å²) < 4.78 is 1.97. The molecule has 0 fully saturated rings. The molecule has 2 heterocycles. The molecule has 0 aliphatic carbocycles. The minimum atomic E-state index is 0.886. The summed E-state index contributed by atoms with van der Waals surface area (Å²) in [6.45, 7) is 0.886. The third-order valence-electron chi connectivity index (χ3n) is 2.61. The summed E-state index contributed by atoms with van der Waals surface area (Å²) in [7, 11) is 0. The van der Waals surface area contributed by atoms with E-state index in [9.17, 15) is 0 Å². The van der Waals surface area contributed by atoms with E-state index >= 15 is 0 Å². The molecule has 80 valence electrons. The first-order chi connectivity index (χ1) is 7.93. The second-order valence-corrected chi connectivity index (χ2v) is 4.46. The van der Waals surface area contributed by atoms with Crippen molar-refractivity contribution in [1.29, 1.82) is 0 Å². The van der Waals surface area contributed by atoms with Crippen LogP contribution in [0.2, 0.25) is 0 Å². The fraction of sp³-hybridized carbons (Fsp3) is 0.167. The number of fused-ring (bicyclic) bond motifs is 1. The van der Waals surface area contributed by atoms with Crippen molar-refractivity contribution in [2.45, 2.75) is 13.0 Å². The molecule has 0 amide bonds. The van der Waals surface area contributed by atoms with E-state index in [-0.39, 0.29) is 0 Å². The van der Waals surface area contributed by atoms with Crippen molar-refractivity contribution in [1.82, 2.24) is 15.0 Å². The lowest BCUT2D eigenvalue weighted by atomic mass is 10.2. The van der Waals surface area contributed by atoms with E-state index in [1.165, 1.54) is 5.56 Å². The topological polar surface area (TPSA) is 30.7 Å². The number of benzene rings is 1. The predicted octanol–water partition coefficient (Wildman–Crippen LogP) is 2.74. The van der Waals surface area contributed by atoms with Crippen molar-refractivity contribution in [3.8, 4) is 0 Å². The van der Waals surface area contributed by atoms with Crippen molar-refractivity contribution in [2.24, 2.45) is 0 Å². The van der Waals surface area contributed by atoms with Crippen LogP contribution < -0.4 is 0 Å². The fourth-order valence-electron chi connectivity index (χ4n) is 1.75. The first kappa shape index (κ1) is 9.54. The van der Waals surface area contributed by atoms with Crippen LogP contribution in [0, 0.1) is 0 Å². The van der Waals surface area contributed by atoms with Gasteiger partial charge in [0.1, 0.15) is 5.52 Å². The van der Waals surface area contributed by atoms with Crippen LogP contribution in [0.5, 0.6) is 0 Å². The second-order valence-electron chi connectivity index (χ2n) is 3.68. The van der Waals surface area contributed by atoms with Crippen molar-refractivity contribution < 1.29 is 0 Å². The van der Waals surface area contributed by atoms with Gasteiger partial charge in [-0.3, -0.25) is 0 Å². The Balaban J connectivity index is 1.84. The number of hydrogen-bond donors (Lipinski definition) is 0. The Bertz CT molecular complexity index is 583. The van der Waals surface area contributed by atoms with Gasteiger partial charge in [-0.1, -0.05) is 17.3 Å². The van der Waals surface area contributed by atoms with E-state index < -0.39 is 0 Å². The molecule has 3 rings (SSSR count). The van der Waals surface area contributed by atoms with Gasteiger partial charge in [-0.15, -0.1) is 5.10 Å². The molecule has 0 N–H and O–H groups in total. The van der Waals surface area contributed by atoms with Crippen LogP contribution >= 0.6 is 11.3 Å². The van der Waals surface area contributed by atoms with Crippen LogP contribution in [0.4, 0.5) is 0 Å². The minimum absolute atomic E-state index is 0.886. The van der Waals surface area contributed by atoms with Crippen LogP contribution in [0.3, 0.4) is 0 Å². The van der Waals surface area contributed by atoms with Gasteiger partial charge in [0, 0.05) is 6.54 Å². The summed E-state index contributed by atoms with van der Waals surface area (Å²) in [6, 6.07) is 10.2. The zero-order valence-corrected chi connectivity index (χ0v) is 9.52. The Morgan fingerprint density at radius 3 is 3.00 bits per heavy atom. The van der Waals surface area contributed by atoms with E-state index in [0.29, 0.717) is 0 Å². The minimum Gasteiger partial charge on any atom is -0.244 e. The maximum Gasteiger partial charge on any atom is 0.113 e. The van der Waals surface area contributed by atoms with Crippen LogP contribution in [0.15, 0.2) is 41.1 Å². The summed E-state index contributed by atoms with van der Waals surface area (Å²) in [6.07, 6.45) is 1.01. The molecular formula is C12H11N3S. The Morgan fingerprint density at radius 1 is 1.19 bits per heavy atom. The summed E-state index contributed by atoms with van der Waals surface area (Å²) in [5.74, 6) is 0. The summed E-state index contributed by atoms with van der Waals surface area (Å²) in [5, 5.41) is 12.6. The first-order valence-electron chi connectivity index (χ1n) is 5.23. The van der Waals surface area contributed by atoms with Crippen LogP contribution in [-0.2, 0) is 13.0 Å². The van der Waals surface area contributed by atoms with Gasteiger partial charge in [-0.2, -0.15) is 11.3 Å². The van der Waals surface area contributed by atoms with Crippen LogP contribution in [-0.4, -0.2) is 15.0 Å². The highest BCUT2D eigenvalue weighted by Gasteiger charge is 2.03. The predicted molar refractivity (Wildman–Crippen MR) is 65.6 cm³/mol. The average Bonchev–Trinajstić information content (AvgIpc) is 2.96. The van der Waals surface area contributed by atoms with E-state index in [1.54, 1.807) is 11.3 Å². The Labute approximate surface area is 97.3 Å². The zero-order valence-electron chi connectivity index (χ0n) is 8.71. The molecule has 1 aromatic carbocycles. The number of nitrogens with zero attached hydrogens (tertiary/aromatic N) is 3. The first-order valence-corrected chi connectivity index (χ1v) is 6.17. The Morgan fingerprint density at radius 2 is 2.12 bits per heavy atom. The van der Waals surface area contributed by atoms with Crippen molar-refractivity contribution in [2.75, 3.05) is 0 Å². The number of thiophene rings is 1.